The van der Waals surface area contributed by atoms with Crippen molar-refractivity contribution in [3.63, 3.8) is 0 Å². The van der Waals surface area contributed by atoms with Gasteiger partial charge in [0, 0.05) is 6.61 Å². The third-order valence-corrected chi connectivity index (χ3v) is 1.39. The Morgan fingerprint density at radius 3 is 2.50 bits per heavy atom. The number of hydrogen-bond donors (Lipinski definition) is 2. The molecule has 0 aliphatic heterocycles. The van der Waals surface area contributed by atoms with Gasteiger partial charge in [-0.2, -0.15) is 13.2 Å². The Labute approximate surface area is 78.8 Å². The van der Waals surface area contributed by atoms with Crippen molar-refractivity contribution >= 4 is 5.97 Å². The van der Waals surface area contributed by atoms with E-state index in [2.05, 4.69) is 4.74 Å². The van der Waals surface area contributed by atoms with Gasteiger partial charge in [0.1, 0.15) is 12.6 Å². The molecule has 0 aromatic carbocycles. The zero-order chi connectivity index (χ0) is 11.2. The van der Waals surface area contributed by atoms with Crippen molar-refractivity contribution in [3.05, 3.63) is 0 Å². The monoisotopic (exact) mass is 215 g/mol. The molecule has 4 nitrogen and oxygen atoms in total. The first-order valence-electron chi connectivity index (χ1n) is 3.96. The molecular weight excluding hydrogens is 203 g/mol. The molecule has 84 valence electrons. The molecule has 0 rings (SSSR count). The number of hydrogen-bond acceptors (Lipinski definition) is 3. The Morgan fingerprint density at radius 1 is 1.50 bits per heavy atom. The molecule has 0 aliphatic rings. The maximum Gasteiger partial charge on any atom is 0.411 e. The van der Waals surface area contributed by atoms with Crippen molar-refractivity contribution in [2.45, 2.75) is 25.1 Å². The molecule has 3 N–H and O–H groups in total. The highest BCUT2D eigenvalue weighted by Crippen LogP contribution is 2.14. The fraction of sp³-hybridized carbons (Fsp3) is 0.857. The van der Waals surface area contributed by atoms with Crippen molar-refractivity contribution in [1.82, 2.24) is 0 Å². The minimum Gasteiger partial charge on any atom is -0.480 e. The Morgan fingerprint density at radius 2 is 2.07 bits per heavy atom. The number of carboxylic acid groups (broad SMARTS) is 1. The van der Waals surface area contributed by atoms with E-state index in [1.807, 2.05) is 0 Å². The minimum atomic E-state index is -4.34. The topological polar surface area (TPSA) is 72.5 Å². The lowest BCUT2D eigenvalue weighted by Crippen LogP contribution is -2.30. The highest BCUT2D eigenvalue weighted by atomic mass is 19.4. The minimum absolute atomic E-state index is 0.104. The van der Waals surface area contributed by atoms with Gasteiger partial charge in [0.15, 0.2) is 0 Å². The maximum atomic E-state index is 11.5. The van der Waals surface area contributed by atoms with Crippen molar-refractivity contribution in [2.75, 3.05) is 13.2 Å². The van der Waals surface area contributed by atoms with Crippen LogP contribution in [0, 0.1) is 0 Å². The summed E-state index contributed by atoms with van der Waals surface area (Å²) in [6.45, 7) is -1.45. The maximum absolute atomic E-state index is 11.5. The zero-order valence-electron chi connectivity index (χ0n) is 7.38. The average Bonchev–Trinajstić information content (AvgIpc) is 2.01. The van der Waals surface area contributed by atoms with Gasteiger partial charge in [0.2, 0.25) is 0 Å². The van der Waals surface area contributed by atoms with Crippen LogP contribution in [0.25, 0.3) is 0 Å². The van der Waals surface area contributed by atoms with Crippen LogP contribution in [0.2, 0.25) is 0 Å². The highest BCUT2D eigenvalue weighted by molar-refractivity contribution is 5.72. The smallest absolute Gasteiger partial charge is 0.411 e. The van der Waals surface area contributed by atoms with Crippen molar-refractivity contribution < 1.29 is 27.8 Å². The molecule has 0 heterocycles. The third kappa shape index (κ3) is 7.81. The van der Waals surface area contributed by atoms with E-state index in [0.29, 0.717) is 0 Å². The van der Waals surface area contributed by atoms with Crippen LogP contribution < -0.4 is 5.73 Å². The Kier molecular flexibility index (Phi) is 5.47. The quantitative estimate of drug-likeness (QED) is 0.641. The summed E-state index contributed by atoms with van der Waals surface area (Å²) in [5.41, 5.74) is 5.11. The van der Waals surface area contributed by atoms with E-state index < -0.39 is 24.8 Å². The summed E-state index contributed by atoms with van der Waals surface area (Å²) in [7, 11) is 0. The standard InChI is InChI=1S/C7H12F3NO3/c8-7(9,10)4-14-3-1-2-5(11)6(12)13/h5H,1-4,11H2,(H,12,13). The molecule has 0 saturated carbocycles. The van der Waals surface area contributed by atoms with E-state index in [1.54, 1.807) is 0 Å². The molecule has 0 amide bonds. The summed E-state index contributed by atoms with van der Waals surface area (Å²) >= 11 is 0. The van der Waals surface area contributed by atoms with Crippen LogP contribution in [0.1, 0.15) is 12.8 Å². The third-order valence-electron chi connectivity index (χ3n) is 1.39. The van der Waals surface area contributed by atoms with Crippen LogP contribution in [0.3, 0.4) is 0 Å². The SMILES string of the molecule is NC(CCCOCC(F)(F)F)C(=O)O. The molecule has 14 heavy (non-hydrogen) atoms. The molecule has 0 aliphatic carbocycles. The Bertz CT molecular complexity index is 184. The predicted molar refractivity (Wildman–Crippen MR) is 41.7 cm³/mol. The summed E-state index contributed by atoms with van der Waals surface area (Å²) < 4.78 is 38.8. The van der Waals surface area contributed by atoms with Crippen LogP contribution in [0.5, 0.6) is 0 Å². The number of aliphatic carboxylic acids is 1. The van der Waals surface area contributed by atoms with Crippen molar-refractivity contribution in [3.8, 4) is 0 Å². The second kappa shape index (κ2) is 5.82. The second-order valence-corrected chi connectivity index (χ2v) is 2.75. The normalized spacial score (nSPS) is 14.0. The van der Waals surface area contributed by atoms with Crippen LogP contribution in [-0.2, 0) is 9.53 Å². The highest BCUT2D eigenvalue weighted by Gasteiger charge is 2.27. The number of carbonyl (C=O) groups is 1. The van der Waals surface area contributed by atoms with Crippen LogP contribution >= 0.6 is 0 Å². The lowest BCUT2D eigenvalue weighted by atomic mass is 10.2. The van der Waals surface area contributed by atoms with Gasteiger partial charge >= 0.3 is 12.1 Å². The van der Waals surface area contributed by atoms with Gasteiger partial charge in [0.05, 0.1) is 0 Å². The predicted octanol–water partition coefficient (Wildman–Crippen LogP) is 0.757. The summed E-state index contributed by atoms with van der Waals surface area (Å²) in [4.78, 5) is 10.2. The average molecular weight is 215 g/mol. The lowest BCUT2D eigenvalue weighted by Gasteiger charge is -2.08. The first-order chi connectivity index (χ1) is 6.33. The van der Waals surface area contributed by atoms with E-state index in [0.717, 1.165) is 0 Å². The van der Waals surface area contributed by atoms with E-state index in [9.17, 15) is 18.0 Å². The molecule has 0 aromatic heterocycles. The van der Waals surface area contributed by atoms with E-state index in [4.69, 9.17) is 10.8 Å². The number of nitrogens with two attached hydrogens (primary N) is 1. The first-order valence-corrected chi connectivity index (χ1v) is 3.96. The van der Waals surface area contributed by atoms with Gasteiger partial charge in [-0.1, -0.05) is 0 Å². The molecule has 0 aromatic rings. The molecule has 0 bridgehead atoms. The molecule has 0 fully saturated rings. The molecule has 7 heteroatoms. The summed E-state index contributed by atoms with van der Waals surface area (Å²) in [6, 6.07) is -1.04. The van der Waals surface area contributed by atoms with Crippen LogP contribution in [0.4, 0.5) is 13.2 Å². The number of carboxylic acids is 1. The van der Waals surface area contributed by atoms with Gasteiger partial charge in [-0.05, 0) is 12.8 Å². The van der Waals surface area contributed by atoms with Crippen LogP contribution in [0.15, 0.2) is 0 Å². The number of rotatable bonds is 6. The molecule has 1 unspecified atom stereocenters. The summed E-state index contributed by atoms with van der Waals surface area (Å²) in [5.74, 6) is -1.17. The Hall–Kier alpha value is -0.820. The van der Waals surface area contributed by atoms with Gasteiger partial charge in [0.25, 0.3) is 0 Å². The van der Waals surface area contributed by atoms with Crippen LogP contribution in [-0.4, -0.2) is 36.5 Å². The first kappa shape index (κ1) is 13.2. The number of ether oxygens (including phenoxy) is 1. The van der Waals surface area contributed by atoms with Gasteiger partial charge in [-0.25, -0.2) is 0 Å². The zero-order valence-corrected chi connectivity index (χ0v) is 7.38. The van der Waals surface area contributed by atoms with E-state index in [1.165, 1.54) is 0 Å². The molecule has 1 atom stereocenters. The number of alkyl halides is 3. The van der Waals surface area contributed by atoms with E-state index in [-0.39, 0.29) is 19.4 Å². The summed E-state index contributed by atoms with van der Waals surface area (Å²) in [6.07, 6.45) is -4.04. The number of halogens is 3. The van der Waals surface area contributed by atoms with Gasteiger partial charge in [-0.3, -0.25) is 4.79 Å². The molecular formula is C7H12F3NO3. The molecule has 0 radical (unpaired) electrons. The largest absolute Gasteiger partial charge is 0.480 e. The molecule has 0 saturated heterocycles. The van der Waals surface area contributed by atoms with Crippen molar-refractivity contribution in [2.24, 2.45) is 5.73 Å². The van der Waals surface area contributed by atoms with Gasteiger partial charge < -0.3 is 15.6 Å². The second-order valence-electron chi connectivity index (χ2n) is 2.75. The fourth-order valence-corrected chi connectivity index (χ4v) is 0.717. The van der Waals surface area contributed by atoms with Crippen molar-refractivity contribution in [1.29, 1.82) is 0 Å². The van der Waals surface area contributed by atoms with E-state index >= 15 is 0 Å². The molecule has 0 spiro atoms. The fourth-order valence-electron chi connectivity index (χ4n) is 0.717. The Balaban J connectivity index is 3.35. The lowest BCUT2D eigenvalue weighted by molar-refractivity contribution is -0.174. The summed E-state index contributed by atoms with van der Waals surface area (Å²) in [5, 5.41) is 8.32. The van der Waals surface area contributed by atoms with Gasteiger partial charge in [-0.15, -0.1) is 0 Å².